The summed E-state index contributed by atoms with van der Waals surface area (Å²) >= 11 is 0. The Morgan fingerprint density at radius 2 is 2.06 bits per heavy atom. The molecule has 0 saturated carbocycles. The van der Waals surface area contributed by atoms with Crippen LogP contribution in [0.25, 0.3) is 0 Å². The first-order valence-electron chi connectivity index (χ1n) is 6.80. The van der Waals surface area contributed by atoms with E-state index in [9.17, 15) is 4.79 Å². The Labute approximate surface area is 105 Å². The maximum Gasteiger partial charge on any atom is 0.248 e. The van der Waals surface area contributed by atoms with Crippen molar-refractivity contribution >= 4 is 5.91 Å². The molecule has 1 atom stereocenters. The number of ether oxygens (including phenoxy) is 1. The molecule has 1 N–H and O–H groups in total. The second-order valence-electron chi connectivity index (χ2n) is 4.70. The molecule has 0 aromatic rings. The van der Waals surface area contributed by atoms with Crippen LogP contribution in [-0.4, -0.2) is 49.2 Å². The number of rotatable bonds is 6. The third kappa shape index (κ3) is 4.64. The van der Waals surface area contributed by atoms with Crippen molar-refractivity contribution in [2.75, 3.05) is 26.2 Å². The van der Waals surface area contributed by atoms with Crippen molar-refractivity contribution in [1.29, 1.82) is 0 Å². The summed E-state index contributed by atoms with van der Waals surface area (Å²) in [6.07, 6.45) is 3.29. The highest BCUT2D eigenvalue weighted by molar-refractivity contribution is 5.77. The van der Waals surface area contributed by atoms with Gasteiger partial charge in [-0.1, -0.05) is 6.92 Å². The molecule has 1 heterocycles. The molecule has 0 aromatic carbocycles. The zero-order valence-electron chi connectivity index (χ0n) is 11.4. The SMILES string of the molecule is CCC(C)N(CC)C(=O)COC1CCNCC1. The second kappa shape index (κ2) is 7.67. The topological polar surface area (TPSA) is 41.6 Å². The molecule has 0 spiro atoms. The zero-order chi connectivity index (χ0) is 12.7. The largest absolute Gasteiger partial charge is 0.368 e. The van der Waals surface area contributed by atoms with Gasteiger partial charge in [0.1, 0.15) is 6.61 Å². The van der Waals surface area contributed by atoms with Crippen LogP contribution in [0.5, 0.6) is 0 Å². The van der Waals surface area contributed by atoms with Gasteiger partial charge >= 0.3 is 0 Å². The van der Waals surface area contributed by atoms with E-state index in [1.165, 1.54) is 0 Å². The van der Waals surface area contributed by atoms with E-state index in [4.69, 9.17) is 4.74 Å². The zero-order valence-corrected chi connectivity index (χ0v) is 11.4. The Balaban J connectivity index is 2.31. The number of carbonyl (C=O) groups excluding carboxylic acids is 1. The Hall–Kier alpha value is -0.610. The quantitative estimate of drug-likeness (QED) is 0.765. The molecule has 1 aliphatic rings. The molecule has 0 bridgehead atoms. The lowest BCUT2D eigenvalue weighted by Gasteiger charge is -2.29. The summed E-state index contributed by atoms with van der Waals surface area (Å²) in [7, 11) is 0. The molecule has 0 aromatic heterocycles. The Kier molecular flexibility index (Phi) is 6.52. The van der Waals surface area contributed by atoms with Gasteiger partial charge < -0.3 is 15.0 Å². The molecule has 1 fully saturated rings. The van der Waals surface area contributed by atoms with Crippen molar-refractivity contribution in [1.82, 2.24) is 10.2 Å². The van der Waals surface area contributed by atoms with Gasteiger partial charge in [0.05, 0.1) is 6.10 Å². The fraction of sp³-hybridized carbons (Fsp3) is 0.923. The lowest BCUT2D eigenvalue weighted by Crippen LogP contribution is -2.42. The van der Waals surface area contributed by atoms with E-state index in [0.29, 0.717) is 6.04 Å². The average Bonchev–Trinajstić information content (AvgIpc) is 2.38. The Morgan fingerprint density at radius 1 is 1.41 bits per heavy atom. The van der Waals surface area contributed by atoms with Gasteiger partial charge in [0.25, 0.3) is 0 Å². The highest BCUT2D eigenvalue weighted by Crippen LogP contribution is 2.09. The first kappa shape index (κ1) is 14.5. The summed E-state index contributed by atoms with van der Waals surface area (Å²) in [5, 5.41) is 3.29. The molecule has 17 heavy (non-hydrogen) atoms. The van der Waals surface area contributed by atoms with E-state index in [2.05, 4.69) is 19.2 Å². The van der Waals surface area contributed by atoms with Crippen molar-refractivity contribution in [3.63, 3.8) is 0 Å². The summed E-state index contributed by atoms with van der Waals surface area (Å²) in [5.41, 5.74) is 0. The lowest BCUT2D eigenvalue weighted by atomic mass is 10.1. The fourth-order valence-corrected chi connectivity index (χ4v) is 2.19. The summed E-state index contributed by atoms with van der Waals surface area (Å²) in [5.74, 6) is 0.125. The van der Waals surface area contributed by atoms with Crippen molar-refractivity contribution in [3.8, 4) is 0 Å². The average molecular weight is 242 g/mol. The van der Waals surface area contributed by atoms with Crippen LogP contribution in [0.15, 0.2) is 0 Å². The molecule has 1 unspecified atom stereocenters. The first-order chi connectivity index (χ1) is 8.19. The highest BCUT2D eigenvalue weighted by atomic mass is 16.5. The maximum absolute atomic E-state index is 12.0. The minimum Gasteiger partial charge on any atom is -0.368 e. The molecule has 4 heteroatoms. The standard InChI is InChI=1S/C13H26N2O2/c1-4-11(3)15(5-2)13(16)10-17-12-6-8-14-9-7-12/h11-12,14H,4-10H2,1-3H3. The van der Waals surface area contributed by atoms with E-state index in [1.54, 1.807) is 0 Å². The van der Waals surface area contributed by atoms with Crippen molar-refractivity contribution in [2.45, 2.75) is 52.2 Å². The molecule has 0 aliphatic carbocycles. The molecular weight excluding hydrogens is 216 g/mol. The first-order valence-corrected chi connectivity index (χ1v) is 6.80. The van der Waals surface area contributed by atoms with E-state index in [0.717, 1.165) is 38.9 Å². The van der Waals surface area contributed by atoms with E-state index < -0.39 is 0 Å². The summed E-state index contributed by atoms with van der Waals surface area (Å²) in [6.45, 7) is 9.23. The number of amides is 1. The van der Waals surface area contributed by atoms with Gasteiger partial charge in [0.2, 0.25) is 5.91 Å². The normalized spacial score (nSPS) is 19.0. The van der Waals surface area contributed by atoms with Gasteiger partial charge in [-0.05, 0) is 46.2 Å². The van der Waals surface area contributed by atoms with Crippen LogP contribution in [0.1, 0.15) is 40.0 Å². The van der Waals surface area contributed by atoms with Gasteiger partial charge in [-0.3, -0.25) is 4.79 Å². The number of piperidine rings is 1. The van der Waals surface area contributed by atoms with Crippen LogP contribution < -0.4 is 5.32 Å². The van der Waals surface area contributed by atoms with Crippen molar-refractivity contribution in [2.24, 2.45) is 0 Å². The molecule has 1 saturated heterocycles. The minimum absolute atomic E-state index is 0.125. The summed E-state index contributed by atoms with van der Waals surface area (Å²) in [4.78, 5) is 13.9. The molecule has 1 rings (SSSR count). The fourth-order valence-electron chi connectivity index (χ4n) is 2.19. The van der Waals surface area contributed by atoms with E-state index >= 15 is 0 Å². The van der Waals surface area contributed by atoms with Gasteiger partial charge in [0.15, 0.2) is 0 Å². The minimum atomic E-state index is 0.125. The van der Waals surface area contributed by atoms with Crippen LogP contribution in [0.2, 0.25) is 0 Å². The molecule has 1 aliphatic heterocycles. The van der Waals surface area contributed by atoms with Crippen LogP contribution in [-0.2, 0) is 9.53 Å². The molecule has 1 amide bonds. The molecule has 0 radical (unpaired) electrons. The predicted molar refractivity (Wildman–Crippen MR) is 69.0 cm³/mol. The maximum atomic E-state index is 12.0. The van der Waals surface area contributed by atoms with Crippen LogP contribution in [0, 0.1) is 0 Å². The van der Waals surface area contributed by atoms with Crippen molar-refractivity contribution in [3.05, 3.63) is 0 Å². The van der Waals surface area contributed by atoms with Gasteiger partial charge in [-0.25, -0.2) is 0 Å². The van der Waals surface area contributed by atoms with Gasteiger partial charge in [0, 0.05) is 12.6 Å². The monoisotopic (exact) mass is 242 g/mol. The third-order valence-corrected chi connectivity index (χ3v) is 3.51. The third-order valence-electron chi connectivity index (χ3n) is 3.51. The molecular formula is C13H26N2O2. The Morgan fingerprint density at radius 3 is 2.59 bits per heavy atom. The summed E-state index contributed by atoms with van der Waals surface area (Å²) in [6, 6.07) is 0.309. The van der Waals surface area contributed by atoms with Crippen LogP contribution in [0.3, 0.4) is 0 Å². The lowest BCUT2D eigenvalue weighted by molar-refractivity contribution is -0.140. The number of hydrogen-bond acceptors (Lipinski definition) is 3. The molecule has 4 nitrogen and oxygen atoms in total. The number of nitrogens with one attached hydrogen (secondary N) is 1. The predicted octanol–water partition coefficient (Wildman–Crippen LogP) is 1.40. The van der Waals surface area contributed by atoms with E-state index in [-0.39, 0.29) is 18.6 Å². The van der Waals surface area contributed by atoms with Gasteiger partial charge in [-0.2, -0.15) is 0 Å². The summed E-state index contributed by atoms with van der Waals surface area (Å²) < 4.78 is 5.69. The van der Waals surface area contributed by atoms with Crippen molar-refractivity contribution < 1.29 is 9.53 Å². The van der Waals surface area contributed by atoms with Crippen LogP contribution >= 0.6 is 0 Å². The Bertz CT molecular complexity index is 227. The number of nitrogens with zero attached hydrogens (tertiary/aromatic N) is 1. The number of likely N-dealkylation sites (N-methyl/N-ethyl adjacent to an activating group) is 1. The number of hydrogen-bond donors (Lipinski definition) is 1. The van der Waals surface area contributed by atoms with Crippen LogP contribution in [0.4, 0.5) is 0 Å². The number of carbonyl (C=O) groups is 1. The second-order valence-corrected chi connectivity index (χ2v) is 4.70. The highest BCUT2D eigenvalue weighted by Gasteiger charge is 2.20. The smallest absolute Gasteiger partial charge is 0.248 e. The molecule has 100 valence electrons. The van der Waals surface area contributed by atoms with E-state index in [1.807, 2.05) is 11.8 Å². The van der Waals surface area contributed by atoms with Gasteiger partial charge in [-0.15, -0.1) is 0 Å².